The minimum atomic E-state index is -3.67. The van der Waals surface area contributed by atoms with E-state index in [-0.39, 0.29) is 28.7 Å². The number of hydrogen-bond donors (Lipinski definition) is 1. The molecule has 0 saturated carbocycles. The number of sulfonamides is 1. The minimum Gasteiger partial charge on any atom is -0.486 e. The van der Waals surface area contributed by atoms with Crippen LogP contribution >= 0.6 is 11.3 Å². The summed E-state index contributed by atoms with van der Waals surface area (Å²) in [6.07, 6.45) is 1.63. The summed E-state index contributed by atoms with van der Waals surface area (Å²) in [4.78, 5) is 29.5. The van der Waals surface area contributed by atoms with Crippen LogP contribution in [-0.2, 0) is 21.4 Å². The number of ether oxygens (including phenoxy) is 1. The predicted molar refractivity (Wildman–Crippen MR) is 113 cm³/mol. The molecular weight excluding hydrogens is 428 g/mol. The number of anilines is 1. The van der Waals surface area contributed by atoms with Gasteiger partial charge in [0.15, 0.2) is 5.13 Å². The van der Waals surface area contributed by atoms with E-state index in [2.05, 4.69) is 4.98 Å². The van der Waals surface area contributed by atoms with Crippen molar-refractivity contribution in [1.29, 1.82) is 0 Å². The Bertz CT molecular complexity index is 1040. The molecule has 9 nitrogen and oxygen atoms in total. The third-order valence-corrected chi connectivity index (χ3v) is 7.57. The zero-order valence-electron chi connectivity index (χ0n) is 16.8. The first-order chi connectivity index (χ1) is 14.2. The lowest BCUT2D eigenvalue weighted by Gasteiger charge is -2.17. The van der Waals surface area contributed by atoms with Gasteiger partial charge in [-0.3, -0.25) is 14.5 Å². The van der Waals surface area contributed by atoms with Crippen LogP contribution in [0.3, 0.4) is 0 Å². The Morgan fingerprint density at radius 1 is 1.30 bits per heavy atom. The standard InChI is InChI=1S/C19H24N4O5S2/c1-3-23(13(2)24)19-21-14(12-29-19)11-28-17-7-6-15(10-16(17)18(20)25)30(26,27)22-8-4-5-9-22/h6-7,10,12H,3-5,8-9,11H2,1-2H3,(H2,20,25). The lowest BCUT2D eigenvalue weighted by molar-refractivity contribution is -0.116. The van der Waals surface area contributed by atoms with Crippen LogP contribution in [0, 0.1) is 0 Å². The molecule has 162 valence electrons. The molecule has 30 heavy (non-hydrogen) atoms. The van der Waals surface area contributed by atoms with Gasteiger partial charge < -0.3 is 10.5 Å². The van der Waals surface area contributed by atoms with Crippen molar-refractivity contribution >= 4 is 38.3 Å². The van der Waals surface area contributed by atoms with Gasteiger partial charge in [0.1, 0.15) is 12.4 Å². The molecule has 0 unspecified atom stereocenters. The summed E-state index contributed by atoms with van der Waals surface area (Å²) in [6.45, 7) is 4.81. The maximum absolute atomic E-state index is 12.7. The van der Waals surface area contributed by atoms with Crippen LogP contribution in [0.25, 0.3) is 0 Å². The second-order valence-corrected chi connectivity index (χ2v) is 9.58. The number of thiazole rings is 1. The molecule has 0 bridgehead atoms. The Morgan fingerprint density at radius 3 is 2.60 bits per heavy atom. The van der Waals surface area contributed by atoms with Gasteiger partial charge in [0, 0.05) is 31.9 Å². The molecule has 2 N–H and O–H groups in total. The van der Waals surface area contributed by atoms with Crippen molar-refractivity contribution in [2.75, 3.05) is 24.5 Å². The molecule has 0 radical (unpaired) electrons. The zero-order chi connectivity index (χ0) is 21.9. The zero-order valence-corrected chi connectivity index (χ0v) is 18.5. The molecule has 2 heterocycles. The Hall–Kier alpha value is -2.50. The molecule has 11 heteroatoms. The number of aromatic nitrogens is 1. The van der Waals surface area contributed by atoms with Gasteiger partial charge in [-0.15, -0.1) is 11.3 Å². The smallest absolute Gasteiger partial charge is 0.252 e. The van der Waals surface area contributed by atoms with E-state index >= 15 is 0 Å². The Morgan fingerprint density at radius 2 is 2.00 bits per heavy atom. The van der Waals surface area contributed by atoms with Crippen LogP contribution in [0.5, 0.6) is 5.75 Å². The van der Waals surface area contributed by atoms with Gasteiger partial charge in [-0.05, 0) is 38.0 Å². The highest BCUT2D eigenvalue weighted by Gasteiger charge is 2.28. The van der Waals surface area contributed by atoms with Crippen molar-refractivity contribution in [3.05, 3.63) is 34.8 Å². The molecule has 0 atom stereocenters. The first kappa shape index (κ1) is 22.2. The van der Waals surface area contributed by atoms with Crippen LogP contribution in [0.15, 0.2) is 28.5 Å². The highest BCUT2D eigenvalue weighted by molar-refractivity contribution is 7.89. The number of benzene rings is 1. The summed E-state index contributed by atoms with van der Waals surface area (Å²) in [7, 11) is -3.67. The Labute approximate surface area is 179 Å². The van der Waals surface area contributed by atoms with Crippen LogP contribution < -0.4 is 15.4 Å². The first-order valence-electron chi connectivity index (χ1n) is 9.53. The summed E-state index contributed by atoms with van der Waals surface area (Å²) in [5.41, 5.74) is 6.03. The number of amides is 2. The monoisotopic (exact) mass is 452 g/mol. The van der Waals surface area contributed by atoms with Gasteiger partial charge in [-0.25, -0.2) is 13.4 Å². The SMILES string of the molecule is CCN(C(C)=O)c1nc(COc2ccc(S(=O)(=O)N3CCCC3)cc2C(N)=O)cs1. The second-order valence-electron chi connectivity index (χ2n) is 6.81. The van der Waals surface area contributed by atoms with Crippen LogP contribution in [0.4, 0.5) is 5.13 Å². The van der Waals surface area contributed by atoms with Gasteiger partial charge in [0.2, 0.25) is 15.9 Å². The predicted octanol–water partition coefficient (Wildman–Crippen LogP) is 1.98. The van der Waals surface area contributed by atoms with Crippen LogP contribution in [0.1, 0.15) is 42.7 Å². The normalized spacial score (nSPS) is 14.6. The molecule has 0 aliphatic carbocycles. The number of nitrogens with zero attached hydrogens (tertiary/aromatic N) is 3. The highest BCUT2D eigenvalue weighted by Crippen LogP contribution is 2.28. The molecule has 1 saturated heterocycles. The number of nitrogens with two attached hydrogens (primary N) is 1. The van der Waals surface area contributed by atoms with E-state index in [0.717, 1.165) is 12.8 Å². The van der Waals surface area contributed by atoms with Gasteiger partial charge in [0.05, 0.1) is 16.2 Å². The summed E-state index contributed by atoms with van der Waals surface area (Å²) >= 11 is 1.31. The Kier molecular flexibility index (Phi) is 6.74. The van der Waals surface area contributed by atoms with E-state index in [1.807, 2.05) is 6.92 Å². The quantitative estimate of drug-likeness (QED) is 0.653. The third-order valence-electron chi connectivity index (χ3n) is 4.76. The molecule has 1 aromatic heterocycles. The molecule has 2 amide bonds. The van der Waals surface area contributed by atoms with Crippen molar-refractivity contribution in [3.63, 3.8) is 0 Å². The number of rotatable bonds is 8. The molecule has 1 aliphatic rings. The Balaban J connectivity index is 1.79. The van der Waals surface area contributed by atoms with E-state index in [9.17, 15) is 18.0 Å². The molecular formula is C19H24N4O5S2. The van der Waals surface area contributed by atoms with E-state index in [4.69, 9.17) is 10.5 Å². The molecule has 1 fully saturated rings. The van der Waals surface area contributed by atoms with Crippen molar-refractivity contribution < 1.29 is 22.7 Å². The van der Waals surface area contributed by atoms with Crippen molar-refractivity contribution in [1.82, 2.24) is 9.29 Å². The van der Waals surface area contributed by atoms with Gasteiger partial charge >= 0.3 is 0 Å². The van der Waals surface area contributed by atoms with E-state index in [1.54, 1.807) is 10.3 Å². The lowest BCUT2D eigenvalue weighted by atomic mass is 10.2. The fourth-order valence-corrected chi connectivity index (χ4v) is 5.66. The average molecular weight is 453 g/mol. The largest absolute Gasteiger partial charge is 0.486 e. The van der Waals surface area contributed by atoms with Gasteiger partial charge in [-0.1, -0.05) is 0 Å². The van der Waals surface area contributed by atoms with E-state index in [0.29, 0.717) is 30.5 Å². The molecule has 0 spiro atoms. The highest BCUT2D eigenvalue weighted by atomic mass is 32.2. The van der Waals surface area contributed by atoms with Crippen LogP contribution in [-0.4, -0.2) is 49.2 Å². The van der Waals surface area contributed by atoms with Crippen molar-refractivity contribution in [3.8, 4) is 5.75 Å². The third kappa shape index (κ3) is 4.63. The second kappa shape index (κ2) is 9.11. The van der Waals surface area contributed by atoms with E-state index in [1.165, 1.54) is 40.8 Å². The van der Waals surface area contributed by atoms with Gasteiger partial charge in [-0.2, -0.15) is 4.31 Å². The minimum absolute atomic E-state index is 0.00959. The number of hydrogen-bond acceptors (Lipinski definition) is 7. The fraction of sp³-hybridized carbons (Fsp3) is 0.421. The fourth-order valence-electron chi connectivity index (χ4n) is 3.20. The maximum Gasteiger partial charge on any atom is 0.252 e. The number of carbonyl (C=O) groups is 2. The molecule has 1 aromatic carbocycles. The molecule has 2 aromatic rings. The molecule has 1 aliphatic heterocycles. The average Bonchev–Trinajstić information content (AvgIpc) is 3.39. The maximum atomic E-state index is 12.7. The number of primary amides is 1. The molecule has 3 rings (SSSR count). The summed E-state index contributed by atoms with van der Waals surface area (Å²) < 4.78 is 32.6. The summed E-state index contributed by atoms with van der Waals surface area (Å²) in [5, 5.41) is 2.32. The summed E-state index contributed by atoms with van der Waals surface area (Å²) in [5.74, 6) is -0.711. The van der Waals surface area contributed by atoms with Crippen molar-refractivity contribution in [2.24, 2.45) is 5.73 Å². The first-order valence-corrected chi connectivity index (χ1v) is 11.8. The lowest BCUT2D eigenvalue weighted by Crippen LogP contribution is -2.28. The van der Waals surface area contributed by atoms with E-state index < -0.39 is 15.9 Å². The van der Waals surface area contributed by atoms with Crippen molar-refractivity contribution in [2.45, 2.75) is 38.2 Å². The van der Waals surface area contributed by atoms with Crippen LogP contribution in [0.2, 0.25) is 0 Å². The summed E-state index contributed by atoms with van der Waals surface area (Å²) in [6, 6.07) is 4.10. The van der Waals surface area contributed by atoms with Gasteiger partial charge in [0.25, 0.3) is 5.91 Å². The topological polar surface area (TPSA) is 123 Å². The number of carbonyl (C=O) groups excluding carboxylic acids is 2.